The van der Waals surface area contributed by atoms with Gasteiger partial charge in [0.2, 0.25) is 0 Å². The zero-order chi connectivity index (χ0) is 12.4. The summed E-state index contributed by atoms with van der Waals surface area (Å²) in [5.74, 6) is 0. The van der Waals surface area contributed by atoms with Gasteiger partial charge in [0.1, 0.15) is 0 Å². The second kappa shape index (κ2) is 4.94. The van der Waals surface area contributed by atoms with Crippen LogP contribution in [0.25, 0.3) is 0 Å². The van der Waals surface area contributed by atoms with Crippen LogP contribution in [-0.4, -0.2) is 9.55 Å². The van der Waals surface area contributed by atoms with Crippen LogP contribution in [0.1, 0.15) is 35.7 Å². The Morgan fingerprint density at radius 1 is 1.39 bits per heavy atom. The first-order chi connectivity index (χ1) is 8.84. The summed E-state index contributed by atoms with van der Waals surface area (Å²) >= 11 is 0. The van der Waals surface area contributed by atoms with Crippen molar-refractivity contribution < 1.29 is 0 Å². The lowest BCUT2D eigenvalue weighted by Crippen LogP contribution is -2.18. The number of nitrogens with two attached hydrogens (primary N) is 1. The van der Waals surface area contributed by atoms with Crippen molar-refractivity contribution in [2.24, 2.45) is 5.73 Å². The van der Waals surface area contributed by atoms with Gasteiger partial charge in [0.05, 0.1) is 0 Å². The molecule has 2 heterocycles. The number of hydrogen-bond acceptors (Lipinski definition) is 2. The summed E-state index contributed by atoms with van der Waals surface area (Å²) < 4.78 is 2.36. The number of rotatable bonds is 3. The molecule has 0 saturated carbocycles. The normalized spacial score (nSPS) is 18.6. The molecule has 2 aromatic heterocycles. The molecule has 94 valence electrons. The number of hydrogen-bond donors (Lipinski definition) is 1. The lowest BCUT2D eigenvalue weighted by atomic mass is 9.93. The minimum Gasteiger partial charge on any atom is -0.351 e. The zero-order valence-corrected chi connectivity index (χ0v) is 10.5. The van der Waals surface area contributed by atoms with Crippen molar-refractivity contribution in [3.63, 3.8) is 0 Å². The van der Waals surface area contributed by atoms with E-state index < -0.39 is 0 Å². The van der Waals surface area contributed by atoms with Crippen LogP contribution in [0.15, 0.2) is 36.8 Å². The fourth-order valence-electron chi connectivity index (χ4n) is 2.80. The van der Waals surface area contributed by atoms with Gasteiger partial charge in [-0.2, -0.15) is 0 Å². The summed E-state index contributed by atoms with van der Waals surface area (Å²) in [5, 5.41) is 0. The number of nitrogens with zero attached hydrogens (tertiary/aromatic N) is 2. The van der Waals surface area contributed by atoms with E-state index in [9.17, 15) is 0 Å². The minimum absolute atomic E-state index is 0.244. The highest BCUT2D eigenvalue weighted by atomic mass is 15.0. The molecule has 3 rings (SSSR count). The molecule has 0 aliphatic heterocycles. The molecule has 2 N–H and O–H groups in total. The Labute approximate surface area is 108 Å². The Bertz CT molecular complexity index is 516. The maximum atomic E-state index is 6.14. The van der Waals surface area contributed by atoms with Crippen molar-refractivity contribution >= 4 is 0 Å². The molecule has 18 heavy (non-hydrogen) atoms. The molecule has 0 spiro atoms. The number of aryl methyl sites for hydroxylation is 2. The largest absolute Gasteiger partial charge is 0.351 e. The Morgan fingerprint density at radius 2 is 2.33 bits per heavy atom. The molecule has 1 atom stereocenters. The zero-order valence-electron chi connectivity index (χ0n) is 10.5. The molecule has 1 unspecified atom stereocenters. The Kier molecular flexibility index (Phi) is 3.15. The van der Waals surface area contributed by atoms with Crippen molar-refractivity contribution in [2.75, 3.05) is 0 Å². The molecule has 1 aliphatic rings. The van der Waals surface area contributed by atoms with E-state index in [1.54, 1.807) is 0 Å². The lowest BCUT2D eigenvalue weighted by Gasteiger charge is -2.21. The fourth-order valence-corrected chi connectivity index (χ4v) is 2.80. The smallest absolute Gasteiger partial charge is 0.0312 e. The molecule has 0 radical (unpaired) electrons. The quantitative estimate of drug-likeness (QED) is 0.897. The minimum atomic E-state index is 0.244. The van der Waals surface area contributed by atoms with Gasteiger partial charge in [-0.25, -0.2) is 0 Å². The summed E-state index contributed by atoms with van der Waals surface area (Å²) in [4.78, 5) is 4.15. The van der Waals surface area contributed by atoms with Gasteiger partial charge in [-0.05, 0) is 48.9 Å². The van der Waals surface area contributed by atoms with Crippen LogP contribution < -0.4 is 5.73 Å². The summed E-state index contributed by atoms with van der Waals surface area (Å²) in [6.45, 7) is 1.02. The highest BCUT2D eigenvalue weighted by Crippen LogP contribution is 2.28. The third kappa shape index (κ3) is 2.18. The molecule has 0 saturated heterocycles. The second-order valence-corrected chi connectivity index (χ2v) is 5.02. The van der Waals surface area contributed by atoms with Crippen molar-refractivity contribution in [2.45, 2.75) is 38.3 Å². The van der Waals surface area contributed by atoms with Gasteiger partial charge in [-0.3, -0.25) is 4.98 Å². The number of fused-ring (bicyclic) bond motifs is 1. The van der Waals surface area contributed by atoms with Crippen LogP contribution >= 0.6 is 0 Å². The number of aromatic nitrogens is 2. The van der Waals surface area contributed by atoms with E-state index in [4.69, 9.17) is 5.73 Å². The van der Waals surface area contributed by atoms with Crippen molar-refractivity contribution in [1.82, 2.24) is 9.55 Å². The molecule has 2 aromatic rings. The molecular formula is C15H19N3. The third-order valence-corrected chi connectivity index (χ3v) is 3.81. The van der Waals surface area contributed by atoms with E-state index in [1.807, 2.05) is 18.5 Å². The Balaban J connectivity index is 1.74. The van der Waals surface area contributed by atoms with Crippen LogP contribution in [-0.2, 0) is 19.4 Å². The van der Waals surface area contributed by atoms with E-state index in [-0.39, 0.29) is 6.04 Å². The fraction of sp³-hybridized carbons (Fsp3) is 0.400. The van der Waals surface area contributed by atoms with Crippen LogP contribution in [0.5, 0.6) is 0 Å². The predicted octanol–water partition coefficient (Wildman–Crippen LogP) is 2.46. The van der Waals surface area contributed by atoms with Crippen molar-refractivity contribution in [1.29, 1.82) is 0 Å². The predicted molar refractivity (Wildman–Crippen MR) is 72.2 cm³/mol. The van der Waals surface area contributed by atoms with Gasteiger partial charge in [0, 0.05) is 36.9 Å². The SMILES string of the molecule is NC1CCCc2c1ccn2CCc1cccnc1. The topological polar surface area (TPSA) is 43.8 Å². The molecule has 0 amide bonds. The lowest BCUT2D eigenvalue weighted by molar-refractivity contribution is 0.538. The van der Waals surface area contributed by atoms with E-state index >= 15 is 0 Å². The van der Waals surface area contributed by atoms with Crippen molar-refractivity contribution in [3.05, 3.63) is 53.6 Å². The summed E-state index contributed by atoms with van der Waals surface area (Å²) in [5.41, 5.74) is 10.2. The molecule has 1 aliphatic carbocycles. The molecular weight excluding hydrogens is 222 g/mol. The first-order valence-corrected chi connectivity index (χ1v) is 6.67. The maximum Gasteiger partial charge on any atom is 0.0312 e. The van der Waals surface area contributed by atoms with Crippen molar-refractivity contribution in [3.8, 4) is 0 Å². The summed E-state index contributed by atoms with van der Waals surface area (Å²) in [6, 6.07) is 6.57. The van der Waals surface area contributed by atoms with E-state index in [0.29, 0.717) is 0 Å². The van der Waals surface area contributed by atoms with Crippen LogP contribution in [0.2, 0.25) is 0 Å². The third-order valence-electron chi connectivity index (χ3n) is 3.81. The van der Waals surface area contributed by atoms with Crippen LogP contribution in [0.4, 0.5) is 0 Å². The van der Waals surface area contributed by atoms with Crippen LogP contribution in [0, 0.1) is 0 Å². The van der Waals surface area contributed by atoms with Gasteiger partial charge in [-0.1, -0.05) is 6.07 Å². The average molecular weight is 241 g/mol. The molecule has 3 heteroatoms. The van der Waals surface area contributed by atoms with Crippen LogP contribution in [0.3, 0.4) is 0 Å². The van der Waals surface area contributed by atoms with Gasteiger partial charge >= 0.3 is 0 Å². The molecule has 0 fully saturated rings. The maximum absolute atomic E-state index is 6.14. The Morgan fingerprint density at radius 3 is 3.17 bits per heavy atom. The van der Waals surface area contributed by atoms with E-state index in [1.165, 1.54) is 29.7 Å². The molecule has 0 aromatic carbocycles. The van der Waals surface area contributed by atoms with Gasteiger partial charge in [-0.15, -0.1) is 0 Å². The van der Waals surface area contributed by atoms with E-state index in [0.717, 1.165) is 19.4 Å². The highest BCUT2D eigenvalue weighted by Gasteiger charge is 2.19. The number of pyridine rings is 1. The molecule has 0 bridgehead atoms. The average Bonchev–Trinajstić information content (AvgIpc) is 2.82. The highest BCUT2D eigenvalue weighted by molar-refractivity contribution is 5.28. The second-order valence-electron chi connectivity index (χ2n) is 5.02. The van der Waals surface area contributed by atoms with Gasteiger partial charge < -0.3 is 10.3 Å². The monoisotopic (exact) mass is 241 g/mol. The van der Waals surface area contributed by atoms with Gasteiger partial charge in [0.15, 0.2) is 0 Å². The standard InChI is InChI=1S/C15H19N3/c16-14-4-1-5-15-13(14)7-10-18(15)9-6-12-3-2-8-17-11-12/h2-3,7-8,10-11,14H,1,4-6,9,16H2. The summed E-state index contributed by atoms with van der Waals surface area (Å²) in [7, 11) is 0. The first-order valence-electron chi connectivity index (χ1n) is 6.67. The first kappa shape index (κ1) is 11.5. The molecule has 3 nitrogen and oxygen atoms in total. The van der Waals surface area contributed by atoms with Gasteiger partial charge in [0.25, 0.3) is 0 Å². The Hall–Kier alpha value is -1.61. The van der Waals surface area contributed by atoms with E-state index in [2.05, 4.69) is 27.9 Å². The summed E-state index contributed by atoms with van der Waals surface area (Å²) in [6.07, 6.45) is 10.5.